The fraction of sp³-hybridized carbons (Fsp3) is 0.947. The number of likely N-dealkylation sites (N-methyl/N-ethyl adjacent to an activating group) is 1. The first-order chi connectivity index (χ1) is 23.0. The second-order valence-electron chi connectivity index (χ2n) is 14.7. The van der Waals surface area contributed by atoms with E-state index in [0.717, 1.165) is 38.5 Å². The molecule has 0 saturated carbocycles. The van der Waals surface area contributed by atoms with Gasteiger partial charge in [-0.3, -0.25) is 14.2 Å². The highest BCUT2D eigenvalue weighted by molar-refractivity contribution is 7.45. The summed E-state index contributed by atoms with van der Waals surface area (Å²) in [5, 5.41) is 0. The third-order valence-corrected chi connectivity index (χ3v) is 9.59. The number of unbranched alkanes of at least 4 members (excludes halogenated alkanes) is 22. The molecule has 0 amide bonds. The van der Waals surface area contributed by atoms with Gasteiger partial charge in [0.25, 0.3) is 7.82 Å². The Balaban J connectivity index is 4.29. The van der Waals surface area contributed by atoms with Gasteiger partial charge < -0.3 is 27.9 Å². The summed E-state index contributed by atoms with van der Waals surface area (Å²) in [6.45, 7) is 4.20. The maximum Gasteiger partial charge on any atom is 0.306 e. The highest BCUT2D eigenvalue weighted by atomic mass is 31.2. The Morgan fingerprint density at radius 2 is 0.938 bits per heavy atom. The van der Waals surface area contributed by atoms with Gasteiger partial charge in [0.05, 0.1) is 27.7 Å². The molecule has 48 heavy (non-hydrogen) atoms. The Labute approximate surface area is 295 Å². The van der Waals surface area contributed by atoms with Crippen molar-refractivity contribution >= 4 is 19.8 Å². The van der Waals surface area contributed by atoms with Gasteiger partial charge in [-0.1, -0.05) is 155 Å². The van der Waals surface area contributed by atoms with Crippen LogP contribution in [0.5, 0.6) is 0 Å². The van der Waals surface area contributed by atoms with Crippen molar-refractivity contribution in [1.82, 2.24) is 0 Å². The van der Waals surface area contributed by atoms with Crippen LogP contribution >= 0.6 is 7.82 Å². The number of quaternary nitrogens is 1. The number of rotatable bonds is 36. The molecule has 0 aliphatic carbocycles. The van der Waals surface area contributed by atoms with E-state index in [9.17, 15) is 19.0 Å². The normalized spacial score (nSPS) is 13.7. The molecule has 0 radical (unpaired) electrons. The lowest BCUT2D eigenvalue weighted by atomic mass is 10.0. The summed E-state index contributed by atoms with van der Waals surface area (Å²) < 4.78 is 33.7. The predicted octanol–water partition coefficient (Wildman–Crippen LogP) is 9.83. The van der Waals surface area contributed by atoms with Crippen LogP contribution in [0, 0.1) is 0 Å². The number of phosphoric acid groups is 1. The minimum atomic E-state index is -4.60. The number of carbonyl (C=O) groups is 2. The maximum atomic E-state index is 12.5. The molecule has 0 aromatic heterocycles. The molecule has 0 aromatic rings. The van der Waals surface area contributed by atoms with Gasteiger partial charge in [0, 0.05) is 12.8 Å². The molecule has 0 bridgehead atoms. The number of hydrogen-bond donors (Lipinski definition) is 0. The number of carbonyl (C=O) groups excluding carboxylic acids is 2. The third-order valence-electron chi connectivity index (χ3n) is 8.63. The fourth-order valence-electron chi connectivity index (χ4n) is 5.48. The second kappa shape index (κ2) is 32.0. The molecule has 0 aliphatic rings. The van der Waals surface area contributed by atoms with E-state index in [4.69, 9.17) is 18.5 Å². The first-order valence-electron chi connectivity index (χ1n) is 19.7. The lowest BCUT2D eigenvalue weighted by Crippen LogP contribution is -2.37. The SMILES string of the molecule is CCCCCCCCCCCCCCCCCCC(=O)OC[C@H](COP(=O)([O-])OCC[N+](C)(C)C)OC(=O)CCCCCCCCCC. The second-order valence-corrected chi connectivity index (χ2v) is 16.1. The van der Waals surface area contributed by atoms with Crippen LogP contribution in [-0.2, 0) is 32.7 Å². The standard InChI is InChI=1S/C38H76NO8P/c1-6-8-10-12-14-16-17-18-19-20-21-22-23-25-26-28-30-37(40)44-34-36(35-46-48(42,43)45-33-32-39(3,4)5)47-38(41)31-29-27-24-15-13-11-9-7-2/h36H,6-35H2,1-5H3/t36-/m1/s1. The van der Waals surface area contributed by atoms with Crippen molar-refractivity contribution in [2.45, 2.75) is 187 Å². The molecular formula is C38H76NO8P. The summed E-state index contributed by atoms with van der Waals surface area (Å²) in [5.41, 5.74) is 0. The van der Waals surface area contributed by atoms with Crippen LogP contribution in [0.3, 0.4) is 0 Å². The van der Waals surface area contributed by atoms with Crippen molar-refractivity contribution in [2.24, 2.45) is 0 Å². The molecule has 9 nitrogen and oxygen atoms in total. The lowest BCUT2D eigenvalue weighted by molar-refractivity contribution is -0.870. The monoisotopic (exact) mass is 706 g/mol. The molecule has 286 valence electrons. The third kappa shape index (κ3) is 34.9. The van der Waals surface area contributed by atoms with Crippen LogP contribution in [0.15, 0.2) is 0 Å². The van der Waals surface area contributed by atoms with E-state index in [1.165, 1.54) is 109 Å². The minimum absolute atomic E-state index is 0.0263. The molecule has 0 spiro atoms. The summed E-state index contributed by atoms with van der Waals surface area (Å²) in [6.07, 6.45) is 28.5. The van der Waals surface area contributed by atoms with Gasteiger partial charge >= 0.3 is 11.9 Å². The average molecular weight is 706 g/mol. The fourth-order valence-corrected chi connectivity index (χ4v) is 6.21. The first kappa shape index (κ1) is 47.0. The molecule has 10 heteroatoms. The van der Waals surface area contributed by atoms with Crippen LogP contribution in [0.2, 0.25) is 0 Å². The summed E-state index contributed by atoms with van der Waals surface area (Å²) in [5.74, 6) is -0.830. The molecule has 0 fully saturated rings. The van der Waals surface area contributed by atoms with Crippen LogP contribution in [0.25, 0.3) is 0 Å². The average Bonchev–Trinajstić information content (AvgIpc) is 3.02. The van der Waals surface area contributed by atoms with Gasteiger partial charge in [-0.05, 0) is 12.8 Å². The number of nitrogens with zero attached hydrogens (tertiary/aromatic N) is 1. The predicted molar refractivity (Wildman–Crippen MR) is 195 cm³/mol. The Morgan fingerprint density at radius 1 is 0.562 bits per heavy atom. The van der Waals surface area contributed by atoms with E-state index in [-0.39, 0.29) is 32.0 Å². The van der Waals surface area contributed by atoms with Crippen molar-refractivity contribution in [3.05, 3.63) is 0 Å². The summed E-state index contributed by atoms with van der Waals surface area (Å²) in [6, 6.07) is 0. The van der Waals surface area contributed by atoms with Crippen molar-refractivity contribution in [1.29, 1.82) is 0 Å². The molecule has 0 rings (SSSR count). The van der Waals surface area contributed by atoms with E-state index in [1.807, 2.05) is 21.1 Å². The van der Waals surface area contributed by atoms with E-state index < -0.39 is 26.5 Å². The lowest BCUT2D eigenvalue weighted by Gasteiger charge is -2.28. The molecule has 1 unspecified atom stereocenters. The van der Waals surface area contributed by atoms with Crippen LogP contribution in [0.4, 0.5) is 0 Å². The Hall–Kier alpha value is -0.990. The number of ether oxygens (including phenoxy) is 2. The van der Waals surface area contributed by atoms with Crippen LogP contribution in [0.1, 0.15) is 181 Å². The van der Waals surface area contributed by atoms with Gasteiger partial charge in [0.15, 0.2) is 6.10 Å². The van der Waals surface area contributed by atoms with Gasteiger partial charge in [-0.15, -0.1) is 0 Å². The van der Waals surface area contributed by atoms with Crippen molar-refractivity contribution in [3.8, 4) is 0 Å². The van der Waals surface area contributed by atoms with E-state index in [0.29, 0.717) is 17.4 Å². The zero-order valence-electron chi connectivity index (χ0n) is 32.0. The Morgan fingerprint density at radius 3 is 1.33 bits per heavy atom. The van der Waals surface area contributed by atoms with Gasteiger partial charge in [0.2, 0.25) is 0 Å². The van der Waals surface area contributed by atoms with Gasteiger partial charge in [-0.2, -0.15) is 0 Å². The van der Waals surface area contributed by atoms with E-state index in [1.54, 1.807) is 0 Å². The zero-order chi connectivity index (χ0) is 35.8. The number of esters is 2. The molecule has 0 saturated heterocycles. The summed E-state index contributed by atoms with van der Waals surface area (Å²) in [7, 11) is 1.18. The first-order valence-corrected chi connectivity index (χ1v) is 21.2. The van der Waals surface area contributed by atoms with E-state index >= 15 is 0 Å². The van der Waals surface area contributed by atoms with Crippen LogP contribution < -0.4 is 4.89 Å². The Bertz CT molecular complexity index is 804. The quantitative estimate of drug-likeness (QED) is 0.0274. The maximum absolute atomic E-state index is 12.5. The van der Waals surface area contributed by atoms with Gasteiger partial charge in [-0.25, -0.2) is 0 Å². The molecular weight excluding hydrogens is 629 g/mol. The van der Waals surface area contributed by atoms with Gasteiger partial charge in [0.1, 0.15) is 19.8 Å². The molecule has 0 N–H and O–H groups in total. The zero-order valence-corrected chi connectivity index (χ0v) is 32.8. The van der Waals surface area contributed by atoms with E-state index in [2.05, 4.69) is 13.8 Å². The molecule has 0 aromatic carbocycles. The van der Waals surface area contributed by atoms with Crippen molar-refractivity contribution in [3.63, 3.8) is 0 Å². The largest absolute Gasteiger partial charge is 0.756 e. The summed E-state index contributed by atoms with van der Waals surface area (Å²) >= 11 is 0. The highest BCUT2D eigenvalue weighted by Gasteiger charge is 2.21. The number of phosphoric ester groups is 1. The molecule has 0 aliphatic heterocycles. The molecule has 0 heterocycles. The minimum Gasteiger partial charge on any atom is -0.756 e. The highest BCUT2D eigenvalue weighted by Crippen LogP contribution is 2.38. The Kier molecular flexibility index (Phi) is 31.3. The number of hydrogen-bond acceptors (Lipinski definition) is 8. The topological polar surface area (TPSA) is 111 Å². The summed E-state index contributed by atoms with van der Waals surface area (Å²) in [4.78, 5) is 37.2. The van der Waals surface area contributed by atoms with Crippen molar-refractivity contribution in [2.75, 3.05) is 47.5 Å². The smallest absolute Gasteiger partial charge is 0.306 e. The van der Waals surface area contributed by atoms with Crippen molar-refractivity contribution < 1.29 is 42.1 Å². The van der Waals surface area contributed by atoms with Crippen LogP contribution in [-0.4, -0.2) is 70.0 Å². The molecule has 2 atom stereocenters.